The van der Waals surface area contributed by atoms with Gasteiger partial charge in [-0.15, -0.1) is 0 Å². The Morgan fingerprint density at radius 3 is 2.47 bits per heavy atom. The van der Waals surface area contributed by atoms with E-state index in [2.05, 4.69) is 25.6 Å². The lowest BCUT2D eigenvalue weighted by Gasteiger charge is -2.20. The molecule has 1 heterocycles. The van der Waals surface area contributed by atoms with Crippen LogP contribution in [0.5, 0.6) is 0 Å². The van der Waals surface area contributed by atoms with Crippen LogP contribution < -0.4 is 4.72 Å². The van der Waals surface area contributed by atoms with Gasteiger partial charge in [-0.05, 0) is 48.8 Å². The number of hydrogen-bond donors (Lipinski definition) is 1. The van der Waals surface area contributed by atoms with Crippen molar-refractivity contribution >= 4 is 26.0 Å². The van der Waals surface area contributed by atoms with Crippen LogP contribution in [-0.2, 0) is 10.0 Å². The second-order valence-corrected chi connectivity index (χ2v) is 6.60. The average molecular weight is 293 g/mol. The molecular weight excluding hydrogens is 280 g/mol. The molecule has 0 aliphatic heterocycles. The summed E-state index contributed by atoms with van der Waals surface area (Å²) < 4.78 is 26.7. The van der Waals surface area contributed by atoms with Gasteiger partial charge in [0.05, 0.1) is 4.47 Å². The standard InChI is InChI=1S/C9H13BrN2O2S/c1-9(2,3)12-15(13,14)8-7(10)5-4-6-11-8/h4-6,12H,1-3H3. The average Bonchev–Trinajstić information content (AvgIpc) is 1.99. The third-order valence-electron chi connectivity index (χ3n) is 1.42. The number of hydrogen-bond acceptors (Lipinski definition) is 3. The lowest BCUT2D eigenvalue weighted by Crippen LogP contribution is -2.40. The van der Waals surface area contributed by atoms with Gasteiger partial charge in [0.1, 0.15) is 0 Å². The van der Waals surface area contributed by atoms with E-state index in [-0.39, 0.29) is 5.03 Å². The van der Waals surface area contributed by atoms with Gasteiger partial charge in [0.2, 0.25) is 0 Å². The first-order valence-electron chi connectivity index (χ1n) is 4.37. The van der Waals surface area contributed by atoms with Crippen molar-refractivity contribution in [1.82, 2.24) is 9.71 Å². The summed E-state index contributed by atoms with van der Waals surface area (Å²) in [5.74, 6) is 0. The smallest absolute Gasteiger partial charge is 0.242 e. The van der Waals surface area contributed by atoms with Crippen LogP contribution in [-0.4, -0.2) is 18.9 Å². The number of sulfonamides is 1. The van der Waals surface area contributed by atoms with Gasteiger partial charge in [0, 0.05) is 11.7 Å². The fourth-order valence-corrected chi connectivity index (χ4v) is 3.34. The molecule has 0 aliphatic carbocycles. The van der Waals surface area contributed by atoms with Crippen molar-refractivity contribution < 1.29 is 8.42 Å². The predicted octanol–water partition coefficient (Wildman–Crippen LogP) is 1.92. The van der Waals surface area contributed by atoms with E-state index in [1.54, 1.807) is 32.9 Å². The Morgan fingerprint density at radius 1 is 1.40 bits per heavy atom. The Balaban J connectivity index is 3.13. The summed E-state index contributed by atoms with van der Waals surface area (Å²) in [6.45, 7) is 5.34. The van der Waals surface area contributed by atoms with Crippen LogP contribution in [0.1, 0.15) is 20.8 Å². The molecule has 15 heavy (non-hydrogen) atoms. The van der Waals surface area contributed by atoms with E-state index < -0.39 is 15.6 Å². The molecule has 0 amide bonds. The van der Waals surface area contributed by atoms with E-state index >= 15 is 0 Å². The Bertz CT molecular complexity index is 451. The minimum atomic E-state index is -3.56. The molecule has 0 saturated carbocycles. The lowest BCUT2D eigenvalue weighted by molar-refractivity contribution is 0.489. The fraction of sp³-hybridized carbons (Fsp3) is 0.444. The van der Waals surface area contributed by atoms with Crippen LogP contribution in [0, 0.1) is 0 Å². The van der Waals surface area contributed by atoms with Crippen LogP contribution in [0.2, 0.25) is 0 Å². The number of aromatic nitrogens is 1. The van der Waals surface area contributed by atoms with E-state index in [1.165, 1.54) is 6.20 Å². The zero-order chi connectivity index (χ0) is 11.7. The zero-order valence-corrected chi connectivity index (χ0v) is 11.2. The summed E-state index contributed by atoms with van der Waals surface area (Å²) >= 11 is 3.16. The zero-order valence-electron chi connectivity index (χ0n) is 8.78. The van der Waals surface area contributed by atoms with Crippen molar-refractivity contribution in [3.8, 4) is 0 Å². The normalized spacial score (nSPS) is 12.8. The topological polar surface area (TPSA) is 59.1 Å². The van der Waals surface area contributed by atoms with Crippen LogP contribution in [0.25, 0.3) is 0 Å². The summed E-state index contributed by atoms with van der Waals surface area (Å²) in [7, 11) is -3.56. The monoisotopic (exact) mass is 292 g/mol. The van der Waals surface area contributed by atoms with Gasteiger partial charge >= 0.3 is 0 Å². The Hall–Kier alpha value is -0.460. The van der Waals surface area contributed by atoms with Gasteiger partial charge in [0.25, 0.3) is 10.0 Å². The molecule has 0 aliphatic rings. The van der Waals surface area contributed by atoms with E-state index in [1.807, 2.05) is 0 Å². The molecule has 0 unspecified atom stereocenters. The fourth-order valence-electron chi connectivity index (χ4n) is 1.02. The highest BCUT2D eigenvalue weighted by molar-refractivity contribution is 9.10. The molecule has 0 atom stereocenters. The molecule has 1 N–H and O–H groups in total. The van der Waals surface area contributed by atoms with Crippen molar-refractivity contribution in [3.05, 3.63) is 22.8 Å². The van der Waals surface area contributed by atoms with Crippen LogP contribution in [0.3, 0.4) is 0 Å². The van der Waals surface area contributed by atoms with Crippen molar-refractivity contribution in [2.24, 2.45) is 0 Å². The molecule has 4 nitrogen and oxygen atoms in total. The Morgan fingerprint density at radius 2 is 2.00 bits per heavy atom. The van der Waals surface area contributed by atoms with Crippen molar-refractivity contribution in [2.75, 3.05) is 0 Å². The molecule has 6 heteroatoms. The maximum Gasteiger partial charge on any atom is 0.259 e. The Kier molecular flexibility index (Phi) is 3.52. The van der Waals surface area contributed by atoms with E-state index in [9.17, 15) is 8.42 Å². The number of halogens is 1. The van der Waals surface area contributed by atoms with E-state index in [4.69, 9.17) is 0 Å². The van der Waals surface area contributed by atoms with E-state index in [0.717, 1.165) is 0 Å². The molecule has 1 aromatic rings. The molecule has 84 valence electrons. The Labute approximate surface area is 98.3 Å². The maximum absolute atomic E-state index is 11.9. The van der Waals surface area contributed by atoms with Gasteiger partial charge in [-0.2, -0.15) is 0 Å². The molecule has 0 aromatic carbocycles. The maximum atomic E-state index is 11.9. The molecule has 0 spiro atoms. The number of nitrogens with zero attached hydrogens (tertiary/aromatic N) is 1. The highest BCUT2D eigenvalue weighted by Gasteiger charge is 2.24. The molecule has 1 rings (SSSR count). The highest BCUT2D eigenvalue weighted by atomic mass is 79.9. The number of pyridine rings is 1. The summed E-state index contributed by atoms with van der Waals surface area (Å²) in [5.41, 5.74) is -0.518. The van der Waals surface area contributed by atoms with Gasteiger partial charge in [-0.3, -0.25) is 0 Å². The summed E-state index contributed by atoms with van der Waals surface area (Å²) in [6.07, 6.45) is 1.45. The molecule has 0 saturated heterocycles. The molecule has 0 bridgehead atoms. The summed E-state index contributed by atoms with van der Waals surface area (Å²) in [5, 5.41) is 0.0138. The highest BCUT2D eigenvalue weighted by Crippen LogP contribution is 2.19. The second kappa shape index (κ2) is 4.19. The number of rotatable bonds is 2. The molecule has 1 aromatic heterocycles. The molecule has 0 fully saturated rings. The first-order valence-corrected chi connectivity index (χ1v) is 6.64. The van der Waals surface area contributed by atoms with Crippen molar-refractivity contribution in [3.63, 3.8) is 0 Å². The first kappa shape index (κ1) is 12.6. The van der Waals surface area contributed by atoms with Gasteiger partial charge in [-0.25, -0.2) is 18.1 Å². The van der Waals surface area contributed by atoms with Crippen molar-refractivity contribution in [2.45, 2.75) is 31.3 Å². The van der Waals surface area contributed by atoms with Crippen molar-refractivity contribution in [1.29, 1.82) is 0 Å². The van der Waals surface area contributed by atoms with Crippen LogP contribution in [0.15, 0.2) is 27.8 Å². The lowest BCUT2D eigenvalue weighted by atomic mass is 10.1. The summed E-state index contributed by atoms with van der Waals surface area (Å²) in [6, 6.07) is 3.31. The van der Waals surface area contributed by atoms with Crippen LogP contribution >= 0.6 is 15.9 Å². The minimum Gasteiger partial charge on any atom is -0.242 e. The first-order chi connectivity index (χ1) is 6.72. The van der Waals surface area contributed by atoms with Gasteiger partial charge in [-0.1, -0.05) is 0 Å². The third-order valence-corrected chi connectivity index (χ3v) is 4.04. The third kappa shape index (κ3) is 3.55. The predicted molar refractivity (Wildman–Crippen MR) is 62.0 cm³/mol. The quantitative estimate of drug-likeness (QED) is 0.906. The van der Waals surface area contributed by atoms with Gasteiger partial charge in [0.15, 0.2) is 5.03 Å². The van der Waals surface area contributed by atoms with Crippen LogP contribution in [0.4, 0.5) is 0 Å². The molecule has 0 radical (unpaired) electrons. The van der Waals surface area contributed by atoms with Gasteiger partial charge < -0.3 is 0 Å². The largest absolute Gasteiger partial charge is 0.259 e. The number of nitrogens with one attached hydrogen (secondary N) is 1. The SMILES string of the molecule is CC(C)(C)NS(=O)(=O)c1ncccc1Br. The second-order valence-electron chi connectivity index (χ2n) is 4.15. The van der Waals surface area contributed by atoms with E-state index in [0.29, 0.717) is 4.47 Å². The molecular formula is C9H13BrN2O2S. The summed E-state index contributed by atoms with van der Waals surface area (Å²) in [4.78, 5) is 3.84. The minimum absolute atomic E-state index is 0.0138.